The van der Waals surface area contributed by atoms with Crippen LogP contribution in [0.4, 0.5) is 16.4 Å². The molecule has 0 atom stereocenters. The summed E-state index contributed by atoms with van der Waals surface area (Å²) >= 11 is 0. The van der Waals surface area contributed by atoms with E-state index in [4.69, 9.17) is 24.2 Å². The number of rotatable bonds is 7. The van der Waals surface area contributed by atoms with Crippen molar-refractivity contribution in [1.82, 2.24) is 14.9 Å². The highest BCUT2D eigenvalue weighted by atomic mass is 16.6. The molecule has 9 nitrogen and oxygen atoms in total. The van der Waals surface area contributed by atoms with E-state index in [1.165, 1.54) is 18.5 Å². The fourth-order valence-electron chi connectivity index (χ4n) is 5.81. The van der Waals surface area contributed by atoms with Gasteiger partial charge in [-0.1, -0.05) is 19.1 Å². The molecule has 0 spiro atoms. The summed E-state index contributed by atoms with van der Waals surface area (Å²) in [6, 6.07) is 8.98. The molecule has 1 aliphatic carbocycles. The van der Waals surface area contributed by atoms with Crippen LogP contribution in [0.3, 0.4) is 0 Å². The van der Waals surface area contributed by atoms with E-state index in [0.717, 1.165) is 69.0 Å². The minimum atomic E-state index is -0.484. The van der Waals surface area contributed by atoms with Gasteiger partial charge in [-0.15, -0.1) is 0 Å². The highest BCUT2D eigenvalue weighted by Crippen LogP contribution is 2.33. The monoisotopic (exact) mass is 565 g/mol. The van der Waals surface area contributed by atoms with Crippen molar-refractivity contribution in [3.8, 4) is 17.0 Å². The first-order chi connectivity index (χ1) is 19.7. The molecule has 5 rings (SSSR count). The normalized spacial score (nSPS) is 22.3. The van der Waals surface area contributed by atoms with Crippen molar-refractivity contribution in [2.45, 2.75) is 77.9 Å². The van der Waals surface area contributed by atoms with Gasteiger partial charge < -0.3 is 29.3 Å². The Kier molecular flexibility index (Phi) is 9.53. The number of carbonyl (C=O) groups is 1. The fraction of sp³-hybridized carbons (Fsp3) is 0.656. The maximum Gasteiger partial charge on any atom is 0.410 e. The Morgan fingerprint density at radius 3 is 2.34 bits per heavy atom. The Morgan fingerprint density at radius 1 is 1.00 bits per heavy atom. The van der Waals surface area contributed by atoms with Gasteiger partial charge in [0.1, 0.15) is 5.60 Å². The predicted molar refractivity (Wildman–Crippen MR) is 162 cm³/mol. The van der Waals surface area contributed by atoms with Crippen LogP contribution in [0.25, 0.3) is 11.1 Å². The Hall–Kier alpha value is -3.07. The number of aromatic nitrogens is 2. The van der Waals surface area contributed by atoms with Crippen LogP contribution in [0.15, 0.2) is 30.5 Å². The molecule has 1 saturated carbocycles. The first kappa shape index (κ1) is 29.4. The Bertz CT molecular complexity index is 1130. The molecule has 224 valence electrons. The van der Waals surface area contributed by atoms with Crippen molar-refractivity contribution < 1.29 is 19.0 Å². The van der Waals surface area contributed by atoms with Crippen molar-refractivity contribution in [3.63, 3.8) is 0 Å². The third-order valence-electron chi connectivity index (χ3n) is 8.38. The molecule has 2 saturated heterocycles. The van der Waals surface area contributed by atoms with Crippen molar-refractivity contribution in [3.05, 3.63) is 30.5 Å². The number of likely N-dealkylation sites (tertiary alicyclic amines) is 1. The molecule has 3 aliphatic rings. The highest BCUT2D eigenvalue weighted by Gasteiger charge is 2.28. The van der Waals surface area contributed by atoms with E-state index in [0.29, 0.717) is 43.5 Å². The van der Waals surface area contributed by atoms with Crippen molar-refractivity contribution in [1.29, 1.82) is 0 Å². The number of nitrogens with zero attached hydrogens (tertiary/aromatic N) is 4. The predicted octanol–water partition coefficient (Wildman–Crippen LogP) is 6.00. The van der Waals surface area contributed by atoms with Crippen molar-refractivity contribution in [2.75, 3.05) is 56.2 Å². The standard InChI is InChI=1S/C32H47N5O4/c1-23-5-9-26(10-6-23)34-30-33-21-28(25-7-11-27(12-8-25)36-17-19-39-20-18-36)29(35-30)40-22-24-13-15-37(16-14-24)31(38)41-32(2,3)4/h7-8,11-12,21,23-24,26H,5-6,9-10,13-20,22H2,1-4H3,(H,33,34,35)/t23-,26+. The van der Waals surface area contributed by atoms with Crippen molar-refractivity contribution >= 4 is 17.7 Å². The zero-order valence-corrected chi connectivity index (χ0v) is 25.2. The number of ether oxygens (including phenoxy) is 3. The quantitative estimate of drug-likeness (QED) is 0.438. The van der Waals surface area contributed by atoms with Gasteiger partial charge in [0.2, 0.25) is 11.8 Å². The summed E-state index contributed by atoms with van der Waals surface area (Å²) in [4.78, 5) is 26.2. The van der Waals surface area contributed by atoms with Gasteiger partial charge in [0.05, 0.1) is 25.4 Å². The van der Waals surface area contributed by atoms with E-state index in [1.54, 1.807) is 4.90 Å². The Labute approximate surface area is 245 Å². The van der Waals surface area contributed by atoms with Gasteiger partial charge in [-0.05, 0) is 88.8 Å². The summed E-state index contributed by atoms with van der Waals surface area (Å²) in [5, 5.41) is 3.57. The lowest BCUT2D eigenvalue weighted by Gasteiger charge is -2.33. The summed E-state index contributed by atoms with van der Waals surface area (Å²) in [7, 11) is 0. The third kappa shape index (κ3) is 8.24. The zero-order chi connectivity index (χ0) is 28.8. The second-order valence-electron chi connectivity index (χ2n) is 12.9. The summed E-state index contributed by atoms with van der Waals surface area (Å²) in [5.41, 5.74) is 2.65. The Morgan fingerprint density at radius 2 is 1.68 bits per heavy atom. The van der Waals surface area contributed by atoms with Gasteiger partial charge in [0.25, 0.3) is 0 Å². The van der Waals surface area contributed by atoms with E-state index in [-0.39, 0.29) is 6.09 Å². The highest BCUT2D eigenvalue weighted by molar-refractivity contribution is 5.70. The Balaban J connectivity index is 1.26. The molecular formula is C32H47N5O4. The smallest absolute Gasteiger partial charge is 0.410 e. The minimum Gasteiger partial charge on any atom is -0.477 e. The van der Waals surface area contributed by atoms with E-state index >= 15 is 0 Å². The van der Waals surface area contributed by atoms with E-state index in [2.05, 4.69) is 41.4 Å². The molecule has 9 heteroatoms. The van der Waals surface area contributed by atoms with Crippen LogP contribution in [0.5, 0.6) is 5.88 Å². The first-order valence-electron chi connectivity index (χ1n) is 15.4. The molecule has 3 fully saturated rings. The molecule has 0 unspecified atom stereocenters. The maximum atomic E-state index is 12.5. The van der Waals surface area contributed by atoms with Crippen LogP contribution in [0.1, 0.15) is 66.2 Å². The molecular weight excluding hydrogens is 518 g/mol. The maximum absolute atomic E-state index is 12.5. The number of morpholine rings is 1. The lowest BCUT2D eigenvalue weighted by Crippen LogP contribution is -2.42. The van der Waals surface area contributed by atoms with Crippen LogP contribution < -0.4 is 15.0 Å². The molecule has 1 amide bonds. The molecule has 41 heavy (non-hydrogen) atoms. The van der Waals surface area contributed by atoms with Gasteiger partial charge >= 0.3 is 6.09 Å². The molecule has 1 aromatic carbocycles. The topological polar surface area (TPSA) is 89.0 Å². The third-order valence-corrected chi connectivity index (χ3v) is 8.38. The number of hydrogen-bond acceptors (Lipinski definition) is 8. The molecule has 1 N–H and O–H groups in total. The second kappa shape index (κ2) is 13.3. The zero-order valence-electron chi connectivity index (χ0n) is 25.2. The summed E-state index contributed by atoms with van der Waals surface area (Å²) in [5.74, 6) is 2.38. The van der Waals surface area contributed by atoms with Gasteiger partial charge in [0.15, 0.2) is 0 Å². The van der Waals surface area contributed by atoms with Gasteiger partial charge in [-0.2, -0.15) is 4.98 Å². The van der Waals surface area contributed by atoms with Crippen molar-refractivity contribution in [2.24, 2.45) is 11.8 Å². The molecule has 1 aromatic heterocycles. The van der Waals surface area contributed by atoms with Gasteiger partial charge in [-0.25, -0.2) is 9.78 Å². The molecule has 0 radical (unpaired) electrons. The molecule has 2 aliphatic heterocycles. The van der Waals surface area contributed by atoms with Crippen LogP contribution >= 0.6 is 0 Å². The summed E-state index contributed by atoms with van der Waals surface area (Å²) in [6.45, 7) is 13.3. The number of benzene rings is 1. The van der Waals surface area contributed by atoms with Gasteiger partial charge in [0, 0.05) is 44.1 Å². The lowest BCUT2D eigenvalue weighted by atomic mass is 9.87. The van der Waals surface area contributed by atoms with Crippen LogP contribution in [0.2, 0.25) is 0 Å². The minimum absolute atomic E-state index is 0.233. The SMILES string of the molecule is CC(C)(C)OC(=O)N1CCC(COc2nc(N[C@H]3CC[C@@H](C)CC3)ncc2-c2ccc(N3CCOCC3)cc2)CC1. The number of anilines is 2. The number of nitrogens with one attached hydrogen (secondary N) is 1. The van der Waals surface area contributed by atoms with Gasteiger partial charge in [-0.3, -0.25) is 0 Å². The van der Waals surface area contributed by atoms with Crippen LogP contribution in [0, 0.1) is 11.8 Å². The second-order valence-corrected chi connectivity index (χ2v) is 12.9. The van der Waals surface area contributed by atoms with E-state index in [1.807, 2.05) is 27.0 Å². The average Bonchev–Trinajstić information content (AvgIpc) is 2.97. The van der Waals surface area contributed by atoms with E-state index < -0.39 is 5.60 Å². The summed E-state index contributed by atoms with van der Waals surface area (Å²) < 4.78 is 17.5. The molecule has 3 heterocycles. The molecule has 2 aromatic rings. The summed E-state index contributed by atoms with van der Waals surface area (Å²) in [6.07, 6.45) is 8.16. The number of carbonyl (C=O) groups excluding carboxylic acids is 1. The number of hydrogen-bond donors (Lipinski definition) is 1. The van der Waals surface area contributed by atoms with Crippen LogP contribution in [-0.4, -0.2) is 78.6 Å². The largest absolute Gasteiger partial charge is 0.477 e. The van der Waals surface area contributed by atoms with Crippen LogP contribution in [-0.2, 0) is 9.47 Å². The average molecular weight is 566 g/mol. The first-order valence-corrected chi connectivity index (χ1v) is 15.4. The fourth-order valence-corrected chi connectivity index (χ4v) is 5.81. The number of piperidine rings is 1. The lowest BCUT2D eigenvalue weighted by molar-refractivity contribution is 0.0164. The number of amides is 1. The van der Waals surface area contributed by atoms with E-state index in [9.17, 15) is 4.79 Å². The molecule has 0 bridgehead atoms.